The fourth-order valence-electron chi connectivity index (χ4n) is 1.34. The van der Waals surface area contributed by atoms with Gasteiger partial charge in [-0.3, -0.25) is 4.79 Å². The van der Waals surface area contributed by atoms with Crippen LogP contribution < -0.4 is 11.1 Å². The number of nitrogens with two attached hydrogens (primary N) is 1. The van der Waals surface area contributed by atoms with E-state index in [-0.39, 0.29) is 5.91 Å². The maximum atomic E-state index is 11.8. The van der Waals surface area contributed by atoms with Gasteiger partial charge in [-0.25, -0.2) is 4.98 Å². The van der Waals surface area contributed by atoms with E-state index in [0.717, 1.165) is 18.5 Å². The van der Waals surface area contributed by atoms with E-state index in [1.807, 2.05) is 13.8 Å². The van der Waals surface area contributed by atoms with Crippen LogP contribution in [0.15, 0.2) is 12.5 Å². The van der Waals surface area contributed by atoms with Gasteiger partial charge in [-0.05, 0) is 13.3 Å². The summed E-state index contributed by atoms with van der Waals surface area (Å²) in [5.41, 5.74) is 6.18. The lowest BCUT2D eigenvalue weighted by atomic mass is 9.86. The molecule has 90 valence electrons. The molecule has 0 aliphatic heterocycles. The van der Waals surface area contributed by atoms with Crippen molar-refractivity contribution in [1.29, 1.82) is 0 Å². The van der Waals surface area contributed by atoms with Crippen molar-refractivity contribution in [2.75, 3.05) is 13.1 Å². The quantitative estimate of drug-likeness (QED) is 0.655. The number of nitrogens with one attached hydrogen (secondary N) is 2. The second kappa shape index (κ2) is 5.65. The molecule has 5 nitrogen and oxygen atoms in total. The van der Waals surface area contributed by atoms with E-state index >= 15 is 0 Å². The van der Waals surface area contributed by atoms with Crippen molar-refractivity contribution >= 4 is 5.91 Å². The molecule has 0 aliphatic carbocycles. The molecule has 0 aliphatic rings. The van der Waals surface area contributed by atoms with Gasteiger partial charge in [0.1, 0.15) is 0 Å². The van der Waals surface area contributed by atoms with Gasteiger partial charge >= 0.3 is 0 Å². The number of amides is 1. The molecular formula is C11H20N4O. The zero-order valence-electron chi connectivity index (χ0n) is 9.92. The van der Waals surface area contributed by atoms with Crippen molar-refractivity contribution in [3.8, 4) is 0 Å². The monoisotopic (exact) mass is 224 g/mol. The normalized spacial score (nSPS) is 14.4. The van der Waals surface area contributed by atoms with Crippen LogP contribution >= 0.6 is 0 Å². The summed E-state index contributed by atoms with van der Waals surface area (Å²) >= 11 is 0. The van der Waals surface area contributed by atoms with E-state index in [0.29, 0.717) is 13.1 Å². The van der Waals surface area contributed by atoms with Crippen LogP contribution in [0.25, 0.3) is 0 Å². The zero-order chi connectivity index (χ0) is 12.0. The minimum atomic E-state index is -0.450. The Labute approximate surface area is 95.8 Å². The van der Waals surface area contributed by atoms with Gasteiger partial charge in [-0.1, -0.05) is 6.92 Å². The fraction of sp³-hybridized carbons (Fsp3) is 0.636. The summed E-state index contributed by atoms with van der Waals surface area (Å²) in [6, 6.07) is 0. The van der Waals surface area contributed by atoms with Crippen LogP contribution in [-0.2, 0) is 11.2 Å². The molecular weight excluding hydrogens is 204 g/mol. The summed E-state index contributed by atoms with van der Waals surface area (Å²) in [4.78, 5) is 18.7. The van der Waals surface area contributed by atoms with Gasteiger partial charge in [0.15, 0.2) is 0 Å². The van der Waals surface area contributed by atoms with E-state index < -0.39 is 5.41 Å². The molecule has 4 N–H and O–H groups in total. The number of carbonyl (C=O) groups is 1. The number of aromatic nitrogens is 2. The third-order valence-corrected chi connectivity index (χ3v) is 3.01. The molecule has 0 spiro atoms. The topological polar surface area (TPSA) is 83.8 Å². The van der Waals surface area contributed by atoms with E-state index in [2.05, 4.69) is 15.3 Å². The number of imidazole rings is 1. The third-order valence-electron chi connectivity index (χ3n) is 3.01. The smallest absolute Gasteiger partial charge is 0.227 e. The molecule has 1 heterocycles. The van der Waals surface area contributed by atoms with Crippen molar-refractivity contribution < 1.29 is 4.79 Å². The number of hydrogen-bond acceptors (Lipinski definition) is 3. The van der Waals surface area contributed by atoms with Crippen molar-refractivity contribution in [2.24, 2.45) is 11.1 Å². The second-order valence-electron chi connectivity index (χ2n) is 4.20. The van der Waals surface area contributed by atoms with Gasteiger partial charge in [0, 0.05) is 31.4 Å². The molecule has 1 aromatic heterocycles. The summed E-state index contributed by atoms with van der Waals surface area (Å²) in [5, 5.41) is 2.90. The molecule has 1 rings (SSSR count). The minimum absolute atomic E-state index is 0.0250. The molecule has 0 aromatic carbocycles. The van der Waals surface area contributed by atoms with Crippen LogP contribution in [0.2, 0.25) is 0 Å². The first-order valence-electron chi connectivity index (χ1n) is 5.58. The Morgan fingerprint density at radius 3 is 2.94 bits per heavy atom. The van der Waals surface area contributed by atoms with Crippen molar-refractivity contribution in [3.63, 3.8) is 0 Å². The van der Waals surface area contributed by atoms with Gasteiger partial charge in [0.25, 0.3) is 0 Å². The number of aromatic amines is 1. The zero-order valence-corrected chi connectivity index (χ0v) is 9.92. The highest BCUT2D eigenvalue weighted by atomic mass is 16.2. The molecule has 1 amide bonds. The van der Waals surface area contributed by atoms with E-state index in [4.69, 9.17) is 5.73 Å². The summed E-state index contributed by atoms with van der Waals surface area (Å²) < 4.78 is 0. The van der Waals surface area contributed by atoms with Gasteiger partial charge in [-0.2, -0.15) is 0 Å². The molecule has 1 unspecified atom stereocenters. The first kappa shape index (κ1) is 12.7. The molecule has 16 heavy (non-hydrogen) atoms. The van der Waals surface area contributed by atoms with Gasteiger partial charge < -0.3 is 16.0 Å². The van der Waals surface area contributed by atoms with E-state index in [1.54, 1.807) is 12.5 Å². The fourth-order valence-corrected chi connectivity index (χ4v) is 1.34. The summed E-state index contributed by atoms with van der Waals surface area (Å²) in [6.45, 7) is 4.84. The Balaban J connectivity index is 2.35. The van der Waals surface area contributed by atoms with Crippen molar-refractivity contribution in [3.05, 3.63) is 18.2 Å². The molecule has 0 saturated heterocycles. The summed E-state index contributed by atoms with van der Waals surface area (Å²) in [7, 11) is 0. The SMILES string of the molecule is CCC(C)(CN)C(=O)NCCc1cnc[nH]1. The highest BCUT2D eigenvalue weighted by molar-refractivity contribution is 5.82. The number of rotatable bonds is 6. The second-order valence-corrected chi connectivity index (χ2v) is 4.20. The average molecular weight is 224 g/mol. The highest BCUT2D eigenvalue weighted by Crippen LogP contribution is 2.18. The first-order valence-corrected chi connectivity index (χ1v) is 5.58. The number of hydrogen-bond donors (Lipinski definition) is 3. The predicted molar refractivity (Wildman–Crippen MR) is 62.8 cm³/mol. The third kappa shape index (κ3) is 3.06. The van der Waals surface area contributed by atoms with Gasteiger partial charge in [0.05, 0.1) is 11.7 Å². The Morgan fingerprint density at radius 1 is 1.69 bits per heavy atom. The predicted octanol–water partition coefficient (Wildman–Crippen LogP) is 0.443. The maximum absolute atomic E-state index is 11.8. The Bertz CT molecular complexity index is 317. The Kier molecular flexibility index (Phi) is 4.49. The molecule has 0 bridgehead atoms. The Hall–Kier alpha value is -1.36. The van der Waals surface area contributed by atoms with Crippen LogP contribution in [0.1, 0.15) is 26.0 Å². The number of nitrogens with zero attached hydrogens (tertiary/aromatic N) is 1. The standard InChI is InChI=1S/C11H20N4O/c1-3-11(2,7-12)10(16)14-5-4-9-6-13-8-15-9/h6,8H,3-5,7,12H2,1-2H3,(H,13,15)(H,14,16). The van der Waals surface area contributed by atoms with Gasteiger partial charge in [0.2, 0.25) is 5.91 Å². The summed E-state index contributed by atoms with van der Waals surface area (Å²) in [6.07, 6.45) is 4.90. The van der Waals surface area contributed by atoms with Crippen LogP contribution in [0, 0.1) is 5.41 Å². The maximum Gasteiger partial charge on any atom is 0.227 e. The molecule has 5 heteroatoms. The number of carbonyl (C=O) groups excluding carboxylic acids is 1. The molecule has 0 saturated carbocycles. The van der Waals surface area contributed by atoms with Gasteiger partial charge in [-0.15, -0.1) is 0 Å². The van der Waals surface area contributed by atoms with Crippen LogP contribution in [0.3, 0.4) is 0 Å². The van der Waals surface area contributed by atoms with Crippen LogP contribution in [-0.4, -0.2) is 29.0 Å². The lowest BCUT2D eigenvalue weighted by molar-refractivity contribution is -0.129. The molecule has 1 aromatic rings. The Morgan fingerprint density at radius 2 is 2.44 bits per heavy atom. The van der Waals surface area contributed by atoms with Crippen LogP contribution in [0.5, 0.6) is 0 Å². The summed E-state index contributed by atoms with van der Waals surface area (Å²) in [5.74, 6) is 0.0250. The minimum Gasteiger partial charge on any atom is -0.355 e. The average Bonchev–Trinajstić information content (AvgIpc) is 2.80. The van der Waals surface area contributed by atoms with Crippen molar-refractivity contribution in [1.82, 2.24) is 15.3 Å². The van der Waals surface area contributed by atoms with E-state index in [1.165, 1.54) is 0 Å². The molecule has 1 atom stereocenters. The molecule has 0 fully saturated rings. The number of H-pyrrole nitrogens is 1. The van der Waals surface area contributed by atoms with Crippen molar-refractivity contribution in [2.45, 2.75) is 26.7 Å². The largest absolute Gasteiger partial charge is 0.355 e. The lowest BCUT2D eigenvalue weighted by Gasteiger charge is -2.24. The first-order chi connectivity index (χ1) is 7.62. The van der Waals surface area contributed by atoms with E-state index in [9.17, 15) is 4.79 Å². The van der Waals surface area contributed by atoms with Crippen LogP contribution in [0.4, 0.5) is 0 Å². The highest BCUT2D eigenvalue weighted by Gasteiger charge is 2.28. The molecule has 0 radical (unpaired) electrons. The lowest BCUT2D eigenvalue weighted by Crippen LogP contribution is -2.44.